The van der Waals surface area contributed by atoms with Crippen LogP contribution < -0.4 is 10.2 Å². The molecule has 0 unspecified atom stereocenters. The zero-order chi connectivity index (χ0) is 24.9. The average molecular weight is 587 g/mol. The molecule has 0 radical (unpaired) electrons. The summed E-state index contributed by atoms with van der Waals surface area (Å²) in [5, 5.41) is 13.4. The standard InChI is InChI=1S/C26H18BrCl2N3O2S/c27-18-6-9-20(10-7-18)32-25(34)23(13-17-12-19(28)8-11-22(17)29)35-26(32)21(14-30)24(33)31-15-16-4-2-1-3-5-16/h1-12,23H,13,15H2,(H,31,33)/b26-21-/t23-/m0/s1. The number of thioether (sulfide) groups is 1. The van der Waals surface area contributed by atoms with Crippen LogP contribution in [-0.2, 0) is 22.6 Å². The van der Waals surface area contributed by atoms with Gasteiger partial charge in [0.1, 0.15) is 16.7 Å². The maximum absolute atomic E-state index is 13.6. The third-order valence-electron chi connectivity index (χ3n) is 5.30. The van der Waals surface area contributed by atoms with E-state index >= 15 is 0 Å². The maximum Gasteiger partial charge on any atom is 0.264 e. The summed E-state index contributed by atoms with van der Waals surface area (Å²) in [7, 11) is 0. The molecule has 1 heterocycles. The van der Waals surface area contributed by atoms with Crippen LogP contribution in [0.5, 0.6) is 0 Å². The molecule has 1 atom stereocenters. The zero-order valence-corrected chi connectivity index (χ0v) is 22.1. The molecule has 0 bridgehead atoms. The van der Waals surface area contributed by atoms with Gasteiger partial charge in [-0.25, -0.2) is 0 Å². The quantitative estimate of drug-likeness (QED) is 0.264. The van der Waals surface area contributed by atoms with Gasteiger partial charge < -0.3 is 5.32 Å². The number of halogens is 3. The van der Waals surface area contributed by atoms with Gasteiger partial charge in [0.2, 0.25) is 5.91 Å². The van der Waals surface area contributed by atoms with Gasteiger partial charge in [-0.15, -0.1) is 0 Å². The first kappa shape index (κ1) is 25.3. The van der Waals surface area contributed by atoms with E-state index in [4.69, 9.17) is 23.2 Å². The Balaban J connectivity index is 1.69. The lowest BCUT2D eigenvalue weighted by molar-refractivity contribution is -0.117. The van der Waals surface area contributed by atoms with Crippen LogP contribution in [0.25, 0.3) is 0 Å². The maximum atomic E-state index is 13.6. The Hall–Kier alpha value is -2.76. The van der Waals surface area contributed by atoms with Gasteiger partial charge in [-0.1, -0.05) is 81.2 Å². The molecule has 0 spiro atoms. The average Bonchev–Trinajstić information content (AvgIpc) is 3.17. The van der Waals surface area contributed by atoms with E-state index in [1.54, 1.807) is 42.5 Å². The van der Waals surface area contributed by atoms with E-state index in [1.807, 2.05) is 36.4 Å². The van der Waals surface area contributed by atoms with Crippen molar-refractivity contribution in [2.75, 3.05) is 4.90 Å². The fourth-order valence-corrected chi connectivity index (χ4v) is 5.53. The molecule has 2 amide bonds. The molecule has 1 aliphatic heterocycles. The minimum Gasteiger partial charge on any atom is -0.347 e. The molecular formula is C26H18BrCl2N3O2S. The van der Waals surface area contributed by atoms with E-state index in [-0.39, 0.29) is 23.1 Å². The van der Waals surface area contributed by atoms with Crippen LogP contribution in [-0.4, -0.2) is 17.1 Å². The highest BCUT2D eigenvalue weighted by Gasteiger charge is 2.41. The summed E-state index contributed by atoms with van der Waals surface area (Å²) in [4.78, 5) is 28.0. The van der Waals surface area contributed by atoms with E-state index in [2.05, 4.69) is 21.2 Å². The van der Waals surface area contributed by atoms with Crippen LogP contribution >= 0.6 is 50.9 Å². The Bertz CT molecular complexity index is 1340. The second-order valence-electron chi connectivity index (χ2n) is 7.66. The molecule has 176 valence electrons. The molecule has 5 nitrogen and oxygen atoms in total. The Morgan fingerprint density at radius 3 is 2.49 bits per heavy atom. The number of nitrogens with zero attached hydrogens (tertiary/aromatic N) is 2. The molecule has 1 N–H and O–H groups in total. The van der Waals surface area contributed by atoms with Crippen LogP contribution in [0, 0.1) is 11.3 Å². The van der Waals surface area contributed by atoms with Gasteiger partial charge in [0.05, 0.1) is 5.25 Å². The van der Waals surface area contributed by atoms with Crippen LogP contribution in [0.4, 0.5) is 5.69 Å². The number of benzene rings is 3. The molecule has 0 aliphatic carbocycles. The van der Waals surface area contributed by atoms with Crippen LogP contribution in [0.15, 0.2) is 87.9 Å². The van der Waals surface area contributed by atoms with E-state index in [1.165, 1.54) is 16.7 Å². The summed E-state index contributed by atoms with van der Waals surface area (Å²) in [5.41, 5.74) is 2.05. The molecule has 1 aliphatic rings. The SMILES string of the molecule is N#C/C(C(=O)NCc1ccccc1)=C1/S[C@@H](Cc2cc(Cl)ccc2Cl)C(=O)N1c1ccc(Br)cc1. The van der Waals surface area contributed by atoms with E-state index in [9.17, 15) is 14.9 Å². The highest BCUT2D eigenvalue weighted by molar-refractivity contribution is 9.10. The Morgan fingerprint density at radius 2 is 1.80 bits per heavy atom. The molecule has 9 heteroatoms. The number of hydrogen-bond acceptors (Lipinski definition) is 4. The van der Waals surface area contributed by atoms with Crippen molar-refractivity contribution in [3.63, 3.8) is 0 Å². The molecule has 0 aromatic heterocycles. The van der Waals surface area contributed by atoms with Crippen molar-refractivity contribution in [2.24, 2.45) is 0 Å². The lowest BCUT2D eigenvalue weighted by Gasteiger charge is -2.19. The van der Waals surface area contributed by atoms with Crippen molar-refractivity contribution < 1.29 is 9.59 Å². The predicted octanol–water partition coefficient (Wildman–Crippen LogP) is 6.50. The largest absolute Gasteiger partial charge is 0.347 e. The first-order valence-corrected chi connectivity index (χ1v) is 13.0. The molecule has 35 heavy (non-hydrogen) atoms. The molecule has 4 rings (SSSR count). The van der Waals surface area contributed by atoms with Crippen molar-refractivity contribution in [3.8, 4) is 6.07 Å². The number of carbonyl (C=O) groups excluding carboxylic acids is 2. The third-order valence-corrected chi connectivity index (χ3v) is 7.69. The van der Waals surface area contributed by atoms with Gasteiger partial charge in [-0.3, -0.25) is 14.5 Å². The first-order chi connectivity index (χ1) is 16.9. The first-order valence-electron chi connectivity index (χ1n) is 10.5. The summed E-state index contributed by atoms with van der Waals surface area (Å²) in [6.45, 7) is 0.260. The van der Waals surface area contributed by atoms with Gasteiger partial charge in [-0.2, -0.15) is 5.26 Å². The lowest BCUT2D eigenvalue weighted by Crippen LogP contribution is -2.32. The highest BCUT2D eigenvalue weighted by Crippen LogP contribution is 2.42. The highest BCUT2D eigenvalue weighted by atomic mass is 79.9. The lowest BCUT2D eigenvalue weighted by atomic mass is 10.1. The van der Waals surface area contributed by atoms with E-state index in [0.717, 1.165) is 10.0 Å². The number of amides is 2. The number of anilines is 1. The number of hydrogen-bond donors (Lipinski definition) is 1. The topological polar surface area (TPSA) is 73.2 Å². The molecule has 1 fully saturated rings. The van der Waals surface area contributed by atoms with Crippen LogP contribution in [0.1, 0.15) is 11.1 Å². The summed E-state index contributed by atoms with van der Waals surface area (Å²) in [6.07, 6.45) is 0.295. The summed E-state index contributed by atoms with van der Waals surface area (Å²) >= 11 is 17.1. The summed E-state index contributed by atoms with van der Waals surface area (Å²) < 4.78 is 0.842. The molecular weight excluding hydrogens is 569 g/mol. The van der Waals surface area contributed by atoms with Gasteiger partial charge in [0.25, 0.3) is 5.91 Å². The monoisotopic (exact) mass is 585 g/mol. The molecule has 0 saturated carbocycles. The number of carbonyl (C=O) groups is 2. The van der Waals surface area contributed by atoms with Gasteiger partial charge in [0.15, 0.2) is 0 Å². The summed E-state index contributed by atoms with van der Waals surface area (Å²) in [5.74, 6) is -0.790. The smallest absolute Gasteiger partial charge is 0.264 e. The van der Waals surface area contributed by atoms with E-state index in [0.29, 0.717) is 27.7 Å². The molecule has 3 aromatic rings. The van der Waals surface area contributed by atoms with Crippen LogP contribution in [0.3, 0.4) is 0 Å². The Morgan fingerprint density at radius 1 is 1.09 bits per heavy atom. The normalized spacial score (nSPS) is 16.7. The minimum atomic E-state index is -0.588. The predicted molar refractivity (Wildman–Crippen MR) is 144 cm³/mol. The van der Waals surface area contributed by atoms with Crippen molar-refractivity contribution in [3.05, 3.63) is 109 Å². The van der Waals surface area contributed by atoms with Crippen molar-refractivity contribution in [1.82, 2.24) is 5.32 Å². The van der Waals surface area contributed by atoms with E-state index < -0.39 is 11.2 Å². The molecule has 3 aromatic carbocycles. The number of rotatable bonds is 6. The molecule has 1 saturated heterocycles. The van der Waals surface area contributed by atoms with Gasteiger partial charge >= 0.3 is 0 Å². The fraction of sp³-hybridized carbons (Fsp3) is 0.115. The minimum absolute atomic E-state index is 0.123. The number of nitriles is 1. The van der Waals surface area contributed by atoms with Gasteiger partial charge in [-0.05, 0) is 60.0 Å². The van der Waals surface area contributed by atoms with Crippen molar-refractivity contribution >= 4 is 68.4 Å². The van der Waals surface area contributed by atoms with Gasteiger partial charge in [0, 0.05) is 26.8 Å². The van der Waals surface area contributed by atoms with Crippen LogP contribution in [0.2, 0.25) is 10.0 Å². The number of nitrogens with one attached hydrogen (secondary N) is 1. The fourth-order valence-electron chi connectivity index (χ4n) is 3.58. The second kappa shape index (κ2) is 11.3. The second-order valence-corrected chi connectivity index (χ2v) is 10.6. The summed E-state index contributed by atoms with van der Waals surface area (Å²) in [6, 6.07) is 23.6. The third kappa shape index (κ3) is 5.91. The Labute approximate surface area is 225 Å². The van der Waals surface area contributed by atoms with Crippen molar-refractivity contribution in [2.45, 2.75) is 18.2 Å². The van der Waals surface area contributed by atoms with Crippen molar-refractivity contribution in [1.29, 1.82) is 5.26 Å². The zero-order valence-electron chi connectivity index (χ0n) is 18.2. The Kier molecular flexibility index (Phi) is 8.19.